The summed E-state index contributed by atoms with van der Waals surface area (Å²) < 4.78 is 11.1. The molecule has 3 aromatic rings. The van der Waals surface area contributed by atoms with E-state index >= 15 is 0 Å². The highest BCUT2D eigenvalue weighted by atomic mass is 16.5. The van der Waals surface area contributed by atoms with Gasteiger partial charge in [0.1, 0.15) is 18.5 Å². The molecule has 0 saturated carbocycles. The molecule has 1 aliphatic heterocycles. The van der Waals surface area contributed by atoms with Crippen LogP contribution in [0, 0.1) is 0 Å². The largest absolute Gasteiger partial charge is 0.492 e. The quantitative estimate of drug-likeness (QED) is 0.531. The second-order valence-corrected chi connectivity index (χ2v) is 8.10. The first kappa shape index (κ1) is 21.3. The standard InChI is InChI=1S/C26H30N2O3/c1-28(19-22-8-4-7-21-6-2-3-9-24(21)22)18-20-11-13-23(14-12-20)30-17-15-27-26(29)25-10-5-16-31-25/h2-4,6-9,11-14,25H,5,10,15-19H2,1H3,(H,27,29)/t25-/m0/s1. The van der Waals surface area contributed by atoms with Crippen LogP contribution in [-0.4, -0.2) is 43.7 Å². The number of fused-ring (bicyclic) bond motifs is 1. The van der Waals surface area contributed by atoms with E-state index in [0.29, 0.717) is 19.8 Å². The highest BCUT2D eigenvalue weighted by Gasteiger charge is 2.22. The molecule has 1 N–H and O–H groups in total. The monoisotopic (exact) mass is 418 g/mol. The first-order chi connectivity index (χ1) is 15.2. The molecule has 0 aromatic heterocycles. The summed E-state index contributed by atoms with van der Waals surface area (Å²) in [5.74, 6) is 0.775. The Morgan fingerprint density at radius 3 is 2.68 bits per heavy atom. The van der Waals surface area contributed by atoms with E-state index in [4.69, 9.17) is 9.47 Å². The number of amides is 1. The SMILES string of the molecule is CN(Cc1ccc(OCCNC(=O)[C@@H]2CCCO2)cc1)Cc1cccc2ccccc12. The Hall–Kier alpha value is -2.89. The predicted octanol–water partition coefficient (Wildman–Crippen LogP) is 4.15. The van der Waals surface area contributed by atoms with Crippen LogP contribution in [0.2, 0.25) is 0 Å². The van der Waals surface area contributed by atoms with Crippen molar-refractivity contribution >= 4 is 16.7 Å². The van der Waals surface area contributed by atoms with E-state index in [1.54, 1.807) is 0 Å². The molecule has 31 heavy (non-hydrogen) atoms. The molecule has 1 heterocycles. The van der Waals surface area contributed by atoms with Crippen LogP contribution < -0.4 is 10.1 Å². The van der Waals surface area contributed by atoms with Gasteiger partial charge < -0.3 is 14.8 Å². The molecule has 0 radical (unpaired) electrons. The molecule has 5 heteroatoms. The molecular formula is C26H30N2O3. The van der Waals surface area contributed by atoms with Gasteiger partial charge in [-0.3, -0.25) is 9.69 Å². The van der Waals surface area contributed by atoms with Crippen LogP contribution in [0.5, 0.6) is 5.75 Å². The van der Waals surface area contributed by atoms with Crippen molar-refractivity contribution < 1.29 is 14.3 Å². The van der Waals surface area contributed by atoms with Gasteiger partial charge in [-0.1, -0.05) is 54.6 Å². The molecule has 0 unspecified atom stereocenters. The van der Waals surface area contributed by atoms with E-state index in [0.717, 1.165) is 31.7 Å². The van der Waals surface area contributed by atoms with Crippen LogP contribution in [-0.2, 0) is 22.6 Å². The predicted molar refractivity (Wildman–Crippen MR) is 123 cm³/mol. The molecule has 0 aliphatic carbocycles. The van der Waals surface area contributed by atoms with Gasteiger partial charge in [-0.25, -0.2) is 0 Å². The van der Waals surface area contributed by atoms with E-state index in [1.165, 1.54) is 21.9 Å². The minimum Gasteiger partial charge on any atom is -0.492 e. The third kappa shape index (κ3) is 5.84. The molecule has 3 aromatic carbocycles. The van der Waals surface area contributed by atoms with E-state index < -0.39 is 0 Å². The van der Waals surface area contributed by atoms with E-state index in [2.05, 4.69) is 71.9 Å². The summed E-state index contributed by atoms with van der Waals surface area (Å²) in [6, 6.07) is 23.2. The minimum absolute atomic E-state index is 0.0364. The topological polar surface area (TPSA) is 50.8 Å². The number of hydrogen-bond donors (Lipinski definition) is 1. The third-order valence-corrected chi connectivity index (χ3v) is 5.59. The van der Waals surface area contributed by atoms with Gasteiger partial charge in [0, 0.05) is 19.7 Å². The van der Waals surface area contributed by atoms with Crippen LogP contribution in [0.4, 0.5) is 0 Å². The number of carbonyl (C=O) groups excluding carboxylic acids is 1. The molecule has 1 saturated heterocycles. The fraction of sp³-hybridized carbons (Fsp3) is 0.346. The van der Waals surface area contributed by atoms with Crippen LogP contribution in [0.15, 0.2) is 66.7 Å². The summed E-state index contributed by atoms with van der Waals surface area (Å²) in [5.41, 5.74) is 2.58. The Bertz CT molecular complexity index is 992. The van der Waals surface area contributed by atoms with Gasteiger partial charge >= 0.3 is 0 Å². The average Bonchev–Trinajstić information content (AvgIpc) is 3.33. The zero-order valence-corrected chi connectivity index (χ0v) is 18.0. The van der Waals surface area contributed by atoms with Crippen molar-refractivity contribution in [2.75, 3.05) is 26.8 Å². The Morgan fingerprint density at radius 2 is 1.87 bits per heavy atom. The molecule has 5 nitrogen and oxygen atoms in total. The highest BCUT2D eigenvalue weighted by Crippen LogP contribution is 2.21. The second kappa shape index (κ2) is 10.4. The van der Waals surface area contributed by atoms with Crippen LogP contribution >= 0.6 is 0 Å². The summed E-state index contributed by atoms with van der Waals surface area (Å²) in [7, 11) is 2.14. The molecular weight excluding hydrogens is 388 g/mol. The van der Waals surface area contributed by atoms with Crippen molar-refractivity contribution in [3.63, 3.8) is 0 Å². The smallest absolute Gasteiger partial charge is 0.249 e. The maximum absolute atomic E-state index is 11.9. The zero-order valence-electron chi connectivity index (χ0n) is 18.0. The maximum atomic E-state index is 11.9. The van der Waals surface area contributed by atoms with Crippen molar-refractivity contribution in [1.82, 2.24) is 10.2 Å². The fourth-order valence-electron chi connectivity index (χ4n) is 4.02. The van der Waals surface area contributed by atoms with E-state index in [-0.39, 0.29) is 12.0 Å². The summed E-state index contributed by atoms with van der Waals surface area (Å²) >= 11 is 0. The molecule has 0 spiro atoms. The number of rotatable bonds is 9. The molecule has 1 atom stereocenters. The minimum atomic E-state index is -0.287. The maximum Gasteiger partial charge on any atom is 0.249 e. The lowest BCUT2D eigenvalue weighted by Crippen LogP contribution is -2.36. The molecule has 1 aliphatic rings. The van der Waals surface area contributed by atoms with Crippen molar-refractivity contribution in [3.05, 3.63) is 77.9 Å². The van der Waals surface area contributed by atoms with Crippen LogP contribution in [0.1, 0.15) is 24.0 Å². The molecule has 162 valence electrons. The average molecular weight is 419 g/mol. The van der Waals surface area contributed by atoms with Gasteiger partial charge in [-0.15, -0.1) is 0 Å². The summed E-state index contributed by atoms with van der Waals surface area (Å²) in [4.78, 5) is 14.2. The normalized spacial score (nSPS) is 16.0. The second-order valence-electron chi connectivity index (χ2n) is 8.10. The number of hydrogen-bond acceptors (Lipinski definition) is 4. The van der Waals surface area contributed by atoms with Crippen molar-refractivity contribution in [2.45, 2.75) is 32.0 Å². The van der Waals surface area contributed by atoms with Gasteiger partial charge in [0.15, 0.2) is 0 Å². The molecule has 4 rings (SSSR count). The van der Waals surface area contributed by atoms with Gasteiger partial charge in [0.25, 0.3) is 0 Å². The van der Waals surface area contributed by atoms with Gasteiger partial charge in [0.05, 0.1) is 6.54 Å². The Kier molecular flexibility index (Phi) is 7.18. The third-order valence-electron chi connectivity index (χ3n) is 5.59. The van der Waals surface area contributed by atoms with Gasteiger partial charge in [0.2, 0.25) is 5.91 Å². The van der Waals surface area contributed by atoms with Gasteiger partial charge in [-0.05, 0) is 53.9 Å². The van der Waals surface area contributed by atoms with Crippen LogP contribution in [0.25, 0.3) is 10.8 Å². The lowest BCUT2D eigenvalue weighted by molar-refractivity contribution is -0.130. The summed E-state index contributed by atoms with van der Waals surface area (Å²) in [6.07, 6.45) is 1.48. The fourth-order valence-corrected chi connectivity index (χ4v) is 4.02. The summed E-state index contributed by atoms with van der Waals surface area (Å²) in [6.45, 7) is 3.36. The van der Waals surface area contributed by atoms with E-state index in [1.807, 2.05) is 12.1 Å². The van der Waals surface area contributed by atoms with E-state index in [9.17, 15) is 4.79 Å². The van der Waals surface area contributed by atoms with Crippen molar-refractivity contribution in [3.8, 4) is 5.75 Å². The van der Waals surface area contributed by atoms with Crippen molar-refractivity contribution in [2.24, 2.45) is 0 Å². The number of nitrogens with zero attached hydrogens (tertiary/aromatic N) is 1. The molecule has 1 fully saturated rings. The number of benzene rings is 3. The first-order valence-corrected chi connectivity index (χ1v) is 11.0. The van der Waals surface area contributed by atoms with Gasteiger partial charge in [-0.2, -0.15) is 0 Å². The Morgan fingerprint density at radius 1 is 1.06 bits per heavy atom. The Balaban J connectivity index is 1.23. The van der Waals surface area contributed by atoms with Crippen molar-refractivity contribution in [1.29, 1.82) is 0 Å². The molecule has 1 amide bonds. The Labute approximate surface area is 184 Å². The number of ether oxygens (including phenoxy) is 2. The zero-order chi connectivity index (χ0) is 21.5. The number of carbonyl (C=O) groups is 1. The lowest BCUT2D eigenvalue weighted by Gasteiger charge is -2.18. The molecule has 0 bridgehead atoms. The van der Waals surface area contributed by atoms with Crippen LogP contribution in [0.3, 0.4) is 0 Å². The first-order valence-electron chi connectivity index (χ1n) is 11.0. The summed E-state index contributed by atoms with van der Waals surface area (Å²) in [5, 5.41) is 5.46. The number of nitrogens with one attached hydrogen (secondary N) is 1. The highest BCUT2D eigenvalue weighted by molar-refractivity contribution is 5.85. The lowest BCUT2D eigenvalue weighted by atomic mass is 10.0.